The molecular weight excluding hydrogens is 188 g/mol. The van der Waals surface area contributed by atoms with Crippen LogP contribution in [-0.4, -0.2) is 38.4 Å². The summed E-state index contributed by atoms with van der Waals surface area (Å²) in [6.07, 6.45) is 0.293. The maximum absolute atomic E-state index is 10.5. The molecule has 0 amide bonds. The van der Waals surface area contributed by atoms with Crippen LogP contribution in [0.2, 0.25) is 0 Å². The van der Waals surface area contributed by atoms with Gasteiger partial charge in [0, 0.05) is 27.4 Å². The third-order valence-corrected chi connectivity index (χ3v) is 1.55. The van der Waals surface area contributed by atoms with E-state index < -0.39 is 0 Å². The lowest BCUT2D eigenvalue weighted by Crippen LogP contribution is -2.22. The third-order valence-electron chi connectivity index (χ3n) is 1.55. The molecule has 0 bridgehead atoms. The van der Waals surface area contributed by atoms with Crippen LogP contribution in [-0.2, 0) is 23.8 Å². The van der Waals surface area contributed by atoms with Crippen molar-refractivity contribution in [3.8, 4) is 0 Å². The Morgan fingerprint density at radius 2 is 1.71 bits per heavy atom. The summed E-state index contributed by atoms with van der Waals surface area (Å²) in [5.74, 6) is -0.674. The van der Waals surface area contributed by atoms with Gasteiger partial charge in [-0.15, -0.1) is 0 Å². The second kappa shape index (κ2) is 7.32. The van der Waals surface area contributed by atoms with E-state index in [1.807, 2.05) is 0 Å². The number of esters is 2. The van der Waals surface area contributed by atoms with Crippen molar-refractivity contribution in [3.63, 3.8) is 0 Å². The fourth-order valence-corrected chi connectivity index (χ4v) is 0.814. The number of hydrogen-bond acceptors (Lipinski definition) is 5. The number of hydrogen-bond donors (Lipinski definition) is 0. The monoisotopic (exact) mass is 204 g/mol. The standard InChI is InChI=1S/C9H16O5/c1-7(10)13-5-4-9(12-3)6-14-8(2)11/h9H,4-6H2,1-3H3. The van der Waals surface area contributed by atoms with Crippen LogP contribution in [0, 0.1) is 0 Å². The van der Waals surface area contributed by atoms with Crippen LogP contribution in [0.25, 0.3) is 0 Å². The third kappa shape index (κ3) is 7.54. The van der Waals surface area contributed by atoms with E-state index in [9.17, 15) is 9.59 Å². The Morgan fingerprint density at radius 1 is 1.14 bits per heavy atom. The lowest BCUT2D eigenvalue weighted by molar-refractivity contribution is -0.147. The molecule has 1 unspecified atom stereocenters. The highest BCUT2D eigenvalue weighted by Crippen LogP contribution is 1.99. The van der Waals surface area contributed by atoms with Gasteiger partial charge in [-0.05, 0) is 0 Å². The predicted molar refractivity (Wildman–Crippen MR) is 48.7 cm³/mol. The molecule has 0 heterocycles. The first-order valence-corrected chi connectivity index (χ1v) is 4.35. The SMILES string of the molecule is COC(CCOC(C)=O)COC(C)=O. The zero-order valence-corrected chi connectivity index (χ0v) is 8.74. The molecule has 0 N–H and O–H groups in total. The van der Waals surface area contributed by atoms with Gasteiger partial charge in [-0.2, -0.15) is 0 Å². The van der Waals surface area contributed by atoms with E-state index in [0.717, 1.165) is 0 Å². The molecular formula is C9H16O5. The first-order valence-electron chi connectivity index (χ1n) is 4.35. The van der Waals surface area contributed by atoms with Crippen LogP contribution in [0.1, 0.15) is 20.3 Å². The summed E-state index contributed by atoms with van der Waals surface area (Å²) in [4.78, 5) is 20.9. The van der Waals surface area contributed by atoms with Crippen molar-refractivity contribution in [3.05, 3.63) is 0 Å². The Bertz CT molecular complexity index is 190. The van der Waals surface area contributed by atoms with Crippen molar-refractivity contribution in [2.45, 2.75) is 26.4 Å². The number of carbonyl (C=O) groups is 2. The minimum absolute atomic E-state index is 0.188. The molecule has 0 fully saturated rings. The van der Waals surface area contributed by atoms with E-state index in [1.165, 1.54) is 21.0 Å². The summed E-state index contributed by atoms with van der Waals surface area (Å²) in [5, 5.41) is 0. The van der Waals surface area contributed by atoms with Crippen LogP contribution in [0.15, 0.2) is 0 Å². The average molecular weight is 204 g/mol. The molecule has 82 valence electrons. The average Bonchev–Trinajstić information content (AvgIpc) is 2.10. The predicted octanol–water partition coefficient (Wildman–Crippen LogP) is 0.518. The Hall–Kier alpha value is -1.10. The first-order chi connectivity index (χ1) is 6.56. The zero-order chi connectivity index (χ0) is 11.0. The van der Waals surface area contributed by atoms with Gasteiger partial charge in [0.05, 0.1) is 12.7 Å². The van der Waals surface area contributed by atoms with Crippen molar-refractivity contribution in [2.75, 3.05) is 20.3 Å². The molecule has 0 aliphatic rings. The highest BCUT2D eigenvalue weighted by Gasteiger charge is 2.09. The van der Waals surface area contributed by atoms with Gasteiger partial charge < -0.3 is 14.2 Å². The lowest BCUT2D eigenvalue weighted by Gasteiger charge is -2.14. The highest BCUT2D eigenvalue weighted by atomic mass is 16.6. The molecule has 5 heteroatoms. The molecule has 0 rings (SSSR count). The van der Waals surface area contributed by atoms with Crippen LogP contribution in [0.3, 0.4) is 0 Å². The van der Waals surface area contributed by atoms with E-state index in [-0.39, 0.29) is 31.3 Å². The maximum Gasteiger partial charge on any atom is 0.302 e. The van der Waals surface area contributed by atoms with Crippen molar-refractivity contribution in [1.82, 2.24) is 0 Å². The van der Waals surface area contributed by atoms with Crippen LogP contribution >= 0.6 is 0 Å². The van der Waals surface area contributed by atoms with Crippen LogP contribution in [0.4, 0.5) is 0 Å². The Morgan fingerprint density at radius 3 is 2.14 bits per heavy atom. The molecule has 0 aliphatic heterocycles. The molecule has 1 atom stereocenters. The smallest absolute Gasteiger partial charge is 0.302 e. The maximum atomic E-state index is 10.5. The van der Waals surface area contributed by atoms with E-state index in [2.05, 4.69) is 0 Å². The van der Waals surface area contributed by atoms with Gasteiger partial charge in [0.1, 0.15) is 6.61 Å². The van der Waals surface area contributed by atoms with E-state index >= 15 is 0 Å². The lowest BCUT2D eigenvalue weighted by atomic mass is 10.3. The fraction of sp³-hybridized carbons (Fsp3) is 0.778. The molecule has 0 aromatic heterocycles. The summed E-state index contributed by atoms with van der Waals surface area (Å²) in [5.41, 5.74) is 0. The van der Waals surface area contributed by atoms with Gasteiger partial charge in [0.25, 0.3) is 0 Å². The molecule has 14 heavy (non-hydrogen) atoms. The summed E-state index contributed by atoms with van der Waals surface area (Å²) >= 11 is 0. The number of rotatable bonds is 6. The number of methoxy groups -OCH3 is 1. The van der Waals surface area contributed by atoms with Gasteiger partial charge in [0.2, 0.25) is 0 Å². The topological polar surface area (TPSA) is 61.8 Å². The van der Waals surface area contributed by atoms with Crippen molar-refractivity contribution >= 4 is 11.9 Å². The molecule has 5 nitrogen and oxygen atoms in total. The minimum Gasteiger partial charge on any atom is -0.466 e. The Balaban J connectivity index is 3.57. The van der Waals surface area contributed by atoms with Crippen molar-refractivity contribution < 1.29 is 23.8 Å². The zero-order valence-electron chi connectivity index (χ0n) is 8.74. The first kappa shape index (κ1) is 12.9. The van der Waals surface area contributed by atoms with Gasteiger partial charge >= 0.3 is 11.9 Å². The quantitative estimate of drug-likeness (QED) is 0.590. The summed E-state index contributed by atoms with van der Waals surface area (Å²) in [6, 6.07) is 0. The molecule has 0 aromatic carbocycles. The second-order valence-corrected chi connectivity index (χ2v) is 2.79. The van der Waals surface area contributed by atoms with Gasteiger partial charge in [-0.25, -0.2) is 0 Å². The second-order valence-electron chi connectivity index (χ2n) is 2.79. The summed E-state index contributed by atoms with van der Waals surface area (Å²) < 4.78 is 14.5. The van der Waals surface area contributed by atoms with Crippen LogP contribution in [0.5, 0.6) is 0 Å². The molecule has 0 radical (unpaired) electrons. The van der Waals surface area contributed by atoms with E-state index in [4.69, 9.17) is 14.2 Å². The minimum atomic E-state index is -0.348. The Labute approximate surface area is 83.3 Å². The molecule has 0 aliphatic carbocycles. The summed E-state index contributed by atoms with van der Waals surface area (Å²) in [6.45, 7) is 3.13. The molecule has 0 saturated carbocycles. The molecule has 0 spiro atoms. The van der Waals surface area contributed by atoms with E-state index in [0.29, 0.717) is 6.42 Å². The molecule has 0 saturated heterocycles. The largest absolute Gasteiger partial charge is 0.466 e. The van der Waals surface area contributed by atoms with Gasteiger partial charge in [0.15, 0.2) is 0 Å². The molecule has 0 aromatic rings. The Kier molecular flexibility index (Phi) is 6.74. The van der Waals surface area contributed by atoms with Gasteiger partial charge in [-0.1, -0.05) is 0 Å². The summed E-state index contributed by atoms with van der Waals surface area (Å²) in [7, 11) is 1.52. The van der Waals surface area contributed by atoms with Crippen LogP contribution < -0.4 is 0 Å². The van der Waals surface area contributed by atoms with E-state index in [1.54, 1.807) is 0 Å². The number of ether oxygens (including phenoxy) is 3. The van der Waals surface area contributed by atoms with Crippen molar-refractivity contribution in [2.24, 2.45) is 0 Å². The number of carbonyl (C=O) groups excluding carboxylic acids is 2. The normalized spacial score (nSPS) is 11.9. The fourth-order valence-electron chi connectivity index (χ4n) is 0.814. The van der Waals surface area contributed by atoms with Gasteiger partial charge in [-0.3, -0.25) is 9.59 Å². The highest BCUT2D eigenvalue weighted by molar-refractivity contribution is 5.66. The van der Waals surface area contributed by atoms with Crippen molar-refractivity contribution in [1.29, 1.82) is 0 Å².